The minimum absolute atomic E-state index is 0. The largest absolute Gasteiger partial charge is 0.356 e. The molecule has 0 radical (unpaired) electrons. The van der Waals surface area contributed by atoms with Crippen LogP contribution in [0.25, 0.3) is 10.9 Å². The van der Waals surface area contributed by atoms with Crippen molar-refractivity contribution in [1.82, 2.24) is 20.2 Å². The van der Waals surface area contributed by atoms with Crippen molar-refractivity contribution in [3.05, 3.63) is 65.6 Å². The molecule has 3 rings (SSSR count). The molecule has 2 N–H and O–H groups in total. The maximum Gasteiger partial charge on any atom is 0.190 e. The van der Waals surface area contributed by atoms with Gasteiger partial charge in [-0.25, -0.2) is 4.98 Å². The number of fused-ring (bicyclic) bond motifs is 1. The van der Waals surface area contributed by atoms with Crippen LogP contribution in [0.2, 0.25) is 5.15 Å². The highest BCUT2D eigenvalue weighted by molar-refractivity contribution is 14.0. The van der Waals surface area contributed by atoms with Gasteiger partial charge >= 0.3 is 0 Å². The molecular formula is C20H25ClIN5. The van der Waals surface area contributed by atoms with Crippen LogP contribution in [0.1, 0.15) is 12.0 Å². The second-order valence-corrected chi connectivity index (χ2v) is 6.47. The van der Waals surface area contributed by atoms with Crippen LogP contribution in [-0.4, -0.2) is 35.6 Å². The predicted molar refractivity (Wildman–Crippen MR) is 124 cm³/mol. The molecule has 3 aromatic rings. The summed E-state index contributed by atoms with van der Waals surface area (Å²) < 4.78 is 2.29. The first-order chi connectivity index (χ1) is 12.8. The number of aromatic nitrogens is 2. The zero-order chi connectivity index (χ0) is 18.2. The molecule has 0 spiro atoms. The number of para-hydroxylation sites is 1. The Labute approximate surface area is 182 Å². The van der Waals surface area contributed by atoms with Crippen LogP contribution >= 0.6 is 35.6 Å². The molecule has 1 aromatic carbocycles. The molecule has 0 aliphatic carbocycles. The van der Waals surface area contributed by atoms with E-state index in [1.807, 2.05) is 18.3 Å². The molecule has 5 nitrogen and oxygen atoms in total. The summed E-state index contributed by atoms with van der Waals surface area (Å²) >= 11 is 5.80. The lowest BCUT2D eigenvalue weighted by Gasteiger charge is -2.12. The molecule has 0 unspecified atom stereocenters. The van der Waals surface area contributed by atoms with Crippen LogP contribution in [0.15, 0.2) is 59.9 Å². The van der Waals surface area contributed by atoms with Gasteiger partial charge in [-0.2, -0.15) is 0 Å². The normalized spacial score (nSPS) is 11.3. The van der Waals surface area contributed by atoms with E-state index in [4.69, 9.17) is 11.6 Å². The quantitative estimate of drug-likeness (QED) is 0.170. The van der Waals surface area contributed by atoms with Gasteiger partial charge in [-0.05, 0) is 42.0 Å². The van der Waals surface area contributed by atoms with Crippen LogP contribution in [0, 0.1) is 0 Å². The van der Waals surface area contributed by atoms with Gasteiger partial charge in [0.1, 0.15) is 5.15 Å². The first kappa shape index (κ1) is 21.5. The van der Waals surface area contributed by atoms with Gasteiger partial charge in [0, 0.05) is 44.6 Å². The van der Waals surface area contributed by atoms with Crippen LogP contribution in [-0.2, 0) is 13.0 Å². The Bertz CT molecular complexity index is 860. The molecule has 2 aromatic heterocycles. The van der Waals surface area contributed by atoms with E-state index in [1.54, 1.807) is 7.05 Å². The summed E-state index contributed by atoms with van der Waals surface area (Å²) in [6, 6.07) is 14.4. The number of benzene rings is 1. The van der Waals surface area contributed by atoms with Gasteiger partial charge in [0.15, 0.2) is 5.96 Å². The predicted octanol–water partition coefficient (Wildman–Crippen LogP) is 4.11. The fourth-order valence-corrected chi connectivity index (χ4v) is 3.00. The summed E-state index contributed by atoms with van der Waals surface area (Å²) in [6.45, 7) is 2.65. The van der Waals surface area contributed by atoms with E-state index in [-0.39, 0.29) is 24.0 Å². The summed E-state index contributed by atoms with van der Waals surface area (Å²) in [5, 5.41) is 8.50. The first-order valence-electron chi connectivity index (χ1n) is 8.85. The SMILES string of the molecule is CN=C(NCCCn1ccc2ccccc21)NCCc1ccc(Cl)nc1.I. The molecule has 0 amide bonds. The number of nitrogens with zero attached hydrogens (tertiary/aromatic N) is 3. The Morgan fingerprint density at radius 2 is 1.93 bits per heavy atom. The first-order valence-corrected chi connectivity index (χ1v) is 9.23. The van der Waals surface area contributed by atoms with Crippen LogP contribution < -0.4 is 10.6 Å². The van der Waals surface area contributed by atoms with Crippen molar-refractivity contribution < 1.29 is 0 Å². The molecule has 27 heavy (non-hydrogen) atoms. The van der Waals surface area contributed by atoms with Gasteiger partial charge in [-0.1, -0.05) is 35.9 Å². The highest BCUT2D eigenvalue weighted by Crippen LogP contribution is 2.15. The second-order valence-electron chi connectivity index (χ2n) is 6.09. The zero-order valence-corrected chi connectivity index (χ0v) is 18.4. The number of hydrogen-bond donors (Lipinski definition) is 2. The average Bonchev–Trinajstić information content (AvgIpc) is 3.08. The molecule has 0 atom stereocenters. The zero-order valence-electron chi connectivity index (χ0n) is 15.4. The summed E-state index contributed by atoms with van der Waals surface area (Å²) in [5.74, 6) is 0.823. The Balaban J connectivity index is 0.00000261. The number of hydrogen-bond acceptors (Lipinski definition) is 2. The van der Waals surface area contributed by atoms with Crippen molar-refractivity contribution in [2.24, 2.45) is 4.99 Å². The van der Waals surface area contributed by atoms with Crippen molar-refractivity contribution in [1.29, 1.82) is 0 Å². The number of guanidine groups is 1. The number of aliphatic imine (C=N–C) groups is 1. The minimum Gasteiger partial charge on any atom is -0.356 e. The molecule has 0 saturated carbocycles. The highest BCUT2D eigenvalue weighted by Gasteiger charge is 2.01. The standard InChI is InChI=1S/C20H24ClN5.HI/c1-22-20(24-12-9-16-7-8-19(21)25-15-16)23-11-4-13-26-14-10-17-5-2-3-6-18(17)26;/h2-3,5-8,10,14-15H,4,9,11-13H2,1H3,(H2,22,23,24);1H. The van der Waals surface area contributed by atoms with E-state index < -0.39 is 0 Å². The third kappa shape index (κ3) is 6.39. The summed E-state index contributed by atoms with van der Waals surface area (Å²) in [4.78, 5) is 8.36. The highest BCUT2D eigenvalue weighted by atomic mass is 127. The Morgan fingerprint density at radius 3 is 2.70 bits per heavy atom. The van der Waals surface area contributed by atoms with Gasteiger partial charge in [0.05, 0.1) is 0 Å². The molecular weight excluding hydrogens is 473 g/mol. The topological polar surface area (TPSA) is 54.2 Å². The summed E-state index contributed by atoms with van der Waals surface area (Å²) in [6.07, 6.45) is 5.86. The molecule has 0 fully saturated rings. The lowest BCUT2D eigenvalue weighted by atomic mass is 10.2. The van der Waals surface area contributed by atoms with Crippen molar-refractivity contribution in [3.8, 4) is 0 Å². The molecule has 144 valence electrons. The molecule has 0 bridgehead atoms. The van der Waals surface area contributed by atoms with Crippen molar-refractivity contribution in [3.63, 3.8) is 0 Å². The average molecular weight is 498 g/mol. The summed E-state index contributed by atoms with van der Waals surface area (Å²) in [5.41, 5.74) is 2.43. The van der Waals surface area contributed by atoms with Gasteiger partial charge in [0.25, 0.3) is 0 Å². The van der Waals surface area contributed by atoms with E-state index in [0.29, 0.717) is 5.15 Å². The molecule has 7 heteroatoms. The fraction of sp³-hybridized carbons (Fsp3) is 0.300. The number of nitrogens with one attached hydrogen (secondary N) is 2. The van der Waals surface area contributed by atoms with E-state index in [2.05, 4.69) is 61.7 Å². The molecule has 0 aliphatic heterocycles. The van der Waals surface area contributed by atoms with Crippen LogP contribution in [0.4, 0.5) is 0 Å². The van der Waals surface area contributed by atoms with E-state index in [9.17, 15) is 0 Å². The van der Waals surface area contributed by atoms with Gasteiger partial charge in [-0.3, -0.25) is 4.99 Å². The molecule has 0 aliphatic rings. The third-order valence-corrected chi connectivity index (χ3v) is 4.49. The van der Waals surface area contributed by atoms with E-state index in [0.717, 1.165) is 44.0 Å². The monoisotopic (exact) mass is 497 g/mol. The molecule has 2 heterocycles. The van der Waals surface area contributed by atoms with Gasteiger partial charge in [0.2, 0.25) is 0 Å². The number of halogens is 2. The Morgan fingerprint density at radius 1 is 1.11 bits per heavy atom. The van der Waals surface area contributed by atoms with Crippen LogP contribution in [0.5, 0.6) is 0 Å². The van der Waals surface area contributed by atoms with Crippen molar-refractivity contribution in [2.75, 3.05) is 20.1 Å². The summed E-state index contributed by atoms with van der Waals surface area (Å²) in [7, 11) is 1.79. The molecule has 0 saturated heterocycles. The van der Waals surface area contributed by atoms with Crippen molar-refractivity contribution >= 4 is 52.4 Å². The maximum absolute atomic E-state index is 5.80. The lowest BCUT2D eigenvalue weighted by molar-refractivity contribution is 0.640. The Kier molecular flexibility index (Phi) is 8.87. The minimum atomic E-state index is 0. The fourth-order valence-electron chi connectivity index (χ4n) is 2.89. The lowest BCUT2D eigenvalue weighted by Crippen LogP contribution is -2.39. The smallest absolute Gasteiger partial charge is 0.190 e. The number of aryl methyl sites for hydroxylation is 1. The Hall–Kier alpha value is -1.80. The maximum atomic E-state index is 5.80. The van der Waals surface area contributed by atoms with Crippen LogP contribution in [0.3, 0.4) is 0 Å². The van der Waals surface area contributed by atoms with E-state index in [1.165, 1.54) is 10.9 Å². The van der Waals surface area contributed by atoms with Gasteiger partial charge in [-0.15, -0.1) is 24.0 Å². The third-order valence-electron chi connectivity index (χ3n) is 4.27. The van der Waals surface area contributed by atoms with Crippen molar-refractivity contribution in [2.45, 2.75) is 19.4 Å². The van der Waals surface area contributed by atoms with E-state index >= 15 is 0 Å². The number of rotatable bonds is 7. The second kappa shape index (κ2) is 11.1. The number of pyridine rings is 1. The van der Waals surface area contributed by atoms with Gasteiger partial charge < -0.3 is 15.2 Å².